The number of hydrogen-bond donors (Lipinski definition) is 1. The molecule has 0 spiro atoms. The molecule has 1 aromatic heterocycles. The van der Waals surface area contributed by atoms with Crippen LogP contribution in [0.25, 0.3) is 10.9 Å². The second-order valence-corrected chi connectivity index (χ2v) is 3.22. The molecule has 0 amide bonds. The number of phenolic OH excluding ortho intramolecular Hbond substituents is 1. The highest BCUT2D eigenvalue weighted by molar-refractivity contribution is 6.67. The zero-order valence-electron chi connectivity index (χ0n) is 7.07. The Morgan fingerprint density at radius 1 is 1.36 bits per heavy atom. The van der Waals surface area contributed by atoms with Crippen molar-refractivity contribution in [3.05, 3.63) is 36.0 Å². The number of fused-ring (bicyclic) bond motifs is 1. The van der Waals surface area contributed by atoms with Crippen molar-refractivity contribution in [2.45, 2.75) is 0 Å². The molecule has 1 heterocycles. The van der Waals surface area contributed by atoms with Crippen molar-refractivity contribution in [3.63, 3.8) is 0 Å². The number of halogens is 1. The summed E-state index contributed by atoms with van der Waals surface area (Å²) in [7, 11) is 0. The number of phenols is 1. The molecule has 0 saturated heterocycles. The molecule has 0 unspecified atom stereocenters. The molecular formula is C10H6ClNO2. The number of rotatable bonds is 1. The molecule has 0 aliphatic rings. The minimum atomic E-state index is -0.535. The van der Waals surface area contributed by atoms with Crippen LogP contribution in [-0.2, 0) is 0 Å². The smallest absolute Gasteiger partial charge is 0.253 e. The first-order chi connectivity index (χ1) is 6.66. The van der Waals surface area contributed by atoms with Crippen LogP contribution in [0.15, 0.2) is 30.5 Å². The Hall–Kier alpha value is -1.61. The second kappa shape index (κ2) is 3.27. The van der Waals surface area contributed by atoms with Crippen LogP contribution in [0.4, 0.5) is 0 Å². The fourth-order valence-corrected chi connectivity index (χ4v) is 1.32. The topological polar surface area (TPSA) is 50.2 Å². The van der Waals surface area contributed by atoms with Gasteiger partial charge in [0.1, 0.15) is 5.75 Å². The third kappa shape index (κ3) is 1.54. The van der Waals surface area contributed by atoms with Crippen LogP contribution in [0.5, 0.6) is 5.75 Å². The Morgan fingerprint density at radius 2 is 2.14 bits per heavy atom. The van der Waals surface area contributed by atoms with Gasteiger partial charge in [0.15, 0.2) is 0 Å². The quantitative estimate of drug-likeness (QED) is 0.731. The first-order valence-electron chi connectivity index (χ1n) is 3.95. The molecule has 3 nitrogen and oxygen atoms in total. The number of hydrogen-bond acceptors (Lipinski definition) is 3. The van der Waals surface area contributed by atoms with Crippen LogP contribution in [0.3, 0.4) is 0 Å². The Morgan fingerprint density at radius 3 is 2.86 bits per heavy atom. The Kier molecular flexibility index (Phi) is 2.09. The molecule has 14 heavy (non-hydrogen) atoms. The highest BCUT2D eigenvalue weighted by Crippen LogP contribution is 2.19. The third-order valence-corrected chi connectivity index (χ3v) is 2.11. The van der Waals surface area contributed by atoms with Gasteiger partial charge in [-0.2, -0.15) is 0 Å². The van der Waals surface area contributed by atoms with Gasteiger partial charge in [-0.3, -0.25) is 9.78 Å². The summed E-state index contributed by atoms with van der Waals surface area (Å²) in [6.07, 6.45) is 1.39. The van der Waals surface area contributed by atoms with E-state index in [0.29, 0.717) is 11.1 Å². The first-order valence-corrected chi connectivity index (χ1v) is 4.33. The molecule has 0 radical (unpaired) electrons. The SMILES string of the molecule is O=C(Cl)c1cnc2cc(O)ccc2c1. The van der Waals surface area contributed by atoms with E-state index in [-0.39, 0.29) is 5.75 Å². The van der Waals surface area contributed by atoms with Gasteiger partial charge >= 0.3 is 0 Å². The average Bonchev–Trinajstić information content (AvgIpc) is 2.16. The zero-order chi connectivity index (χ0) is 10.1. The van der Waals surface area contributed by atoms with Gasteiger partial charge in [0.25, 0.3) is 5.24 Å². The molecular weight excluding hydrogens is 202 g/mol. The van der Waals surface area contributed by atoms with Crippen molar-refractivity contribution in [2.75, 3.05) is 0 Å². The molecule has 0 bridgehead atoms. The van der Waals surface area contributed by atoms with Gasteiger partial charge in [0.05, 0.1) is 11.1 Å². The molecule has 70 valence electrons. The lowest BCUT2D eigenvalue weighted by atomic mass is 10.1. The molecule has 4 heteroatoms. The van der Waals surface area contributed by atoms with Crippen molar-refractivity contribution >= 4 is 27.7 Å². The van der Waals surface area contributed by atoms with Gasteiger partial charge in [-0.25, -0.2) is 0 Å². The minimum Gasteiger partial charge on any atom is -0.508 e. The van der Waals surface area contributed by atoms with Gasteiger partial charge in [0, 0.05) is 17.6 Å². The van der Waals surface area contributed by atoms with E-state index >= 15 is 0 Å². The lowest BCUT2D eigenvalue weighted by Crippen LogP contribution is -1.90. The van der Waals surface area contributed by atoms with Gasteiger partial charge in [-0.15, -0.1) is 0 Å². The van der Waals surface area contributed by atoms with Crippen LogP contribution in [0, 0.1) is 0 Å². The van der Waals surface area contributed by atoms with Crippen molar-refractivity contribution in [1.29, 1.82) is 0 Å². The fourth-order valence-electron chi connectivity index (χ4n) is 1.22. The fraction of sp³-hybridized carbons (Fsp3) is 0. The van der Waals surface area contributed by atoms with E-state index in [9.17, 15) is 9.90 Å². The third-order valence-electron chi connectivity index (χ3n) is 1.89. The summed E-state index contributed by atoms with van der Waals surface area (Å²) in [5.41, 5.74) is 0.983. The van der Waals surface area contributed by atoms with Gasteiger partial charge in [-0.1, -0.05) is 0 Å². The minimum absolute atomic E-state index is 0.148. The van der Waals surface area contributed by atoms with E-state index in [1.165, 1.54) is 18.3 Å². The number of carbonyl (C=O) groups excluding carboxylic acids is 1. The van der Waals surface area contributed by atoms with Gasteiger partial charge in [0.2, 0.25) is 0 Å². The molecule has 0 atom stereocenters. The summed E-state index contributed by atoms with van der Waals surface area (Å²) in [5.74, 6) is 0.148. The van der Waals surface area contributed by atoms with E-state index in [4.69, 9.17) is 11.6 Å². The monoisotopic (exact) mass is 207 g/mol. The standard InChI is InChI=1S/C10H6ClNO2/c11-10(14)7-3-6-1-2-8(13)4-9(6)12-5-7/h1-5,13H. The van der Waals surface area contributed by atoms with Crippen LogP contribution < -0.4 is 0 Å². The predicted octanol–water partition coefficient (Wildman–Crippen LogP) is 2.32. The Bertz CT molecular complexity index is 510. The number of aromatic nitrogens is 1. The summed E-state index contributed by atoms with van der Waals surface area (Å²) >= 11 is 5.31. The van der Waals surface area contributed by atoms with Gasteiger partial charge < -0.3 is 5.11 Å². The molecule has 1 N–H and O–H groups in total. The highest BCUT2D eigenvalue weighted by Gasteiger charge is 2.03. The maximum absolute atomic E-state index is 10.8. The largest absolute Gasteiger partial charge is 0.508 e. The number of carbonyl (C=O) groups is 1. The highest BCUT2D eigenvalue weighted by atomic mass is 35.5. The second-order valence-electron chi connectivity index (χ2n) is 2.87. The summed E-state index contributed by atoms with van der Waals surface area (Å²) in [6.45, 7) is 0. The maximum atomic E-state index is 10.8. The number of benzene rings is 1. The number of aromatic hydroxyl groups is 1. The molecule has 0 fully saturated rings. The summed E-state index contributed by atoms with van der Waals surface area (Å²) in [6, 6.07) is 6.38. The molecule has 0 aliphatic heterocycles. The predicted molar refractivity (Wildman–Crippen MR) is 53.6 cm³/mol. The summed E-state index contributed by atoms with van der Waals surface area (Å²) < 4.78 is 0. The average molecular weight is 208 g/mol. The van der Waals surface area contributed by atoms with E-state index in [2.05, 4.69) is 4.98 Å². The van der Waals surface area contributed by atoms with E-state index in [1.54, 1.807) is 12.1 Å². The molecule has 2 rings (SSSR count). The molecule has 0 saturated carbocycles. The lowest BCUT2D eigenvalue weighted by Gasteiger charge is -1.99. The van der Waals surface area contributed by atoms with Crippen LogP contribution in [0.2, 0.25) is 0 Å². The van der Waals surface area contributed by atoms with E-state index < -0.39 is 5.24 Å². The zero-order valence-corrected chi connectivity index (χ0v) is 7.82. The molecule has 2 aromatic rings. The van der Waals surface area contributed by atoms with E-state index in [1.807, 2.05) is 0 Å². The van der Waals surface area contributed by atoms with Crippen LogP contribution >= 0.6 is 11.6 Å². The number of nitrogens with zero attached hydrogens (tertiary/aromatic N) is 1. The first kappa shape index (κ1) is 8.97. The van der Waals surface area contributed by atoms with Crippen molar-refractivity contribution in [2.24, 2.45) is 0 Å². The van der Waals surface area contributed by atoms with Crippen molar-refractivity contribution in [1.82, 2.24) is 4.98 Å². The lowest BCUT2D eigenvalue weighted by molar-refractivity contribution is 0.108. The van der Waals surface area contributed by atoms with Crippen LogP contribution in [0.1, 0.15) is 10.4 Å². The van der Waals surface area contributed by atoms with E-state index in [0.717, 1.165) is 5.39 Å². The maximum Gasteiger partial charge on any atom is 0.253 e. The Balaban J connectivity index is 2.67. The molecule has 0 aliphatic carbocycles. The normalized spacial score (nSPS) is 10.4. The summed E-state index contributed by atoms with van der Waals surface area (Å²) in [4.78, 5) is 14.8. The summed E-state index contributed by atoms with van der Waals surface area (Å²) in [5, 5.41) is 9.41. The van der Waals surface area contributed by atoms with Crippen molar-refractivity contribution < 1.29 is 9.90 Å². The van der Waals surface area contributed by atoms with Crippen molar-refractivity contribution in [3.8, 4) is 5.75 Å². The Labute approximate surface area is 85.0 Å². The van der Waals surface area contributed by atoms with Gasteiger partial charge in [-0.05, 0) is 29.8 Å². The molecule has 1 aromatic carbocycles. The van der Waals surface area contributed by atoms with Crippen LogP contribution in [-0.4, -0.2) is 15.3 Å². The number of pyridine rings is 1.